The number of likely N-dealkylation sites (N-methyl/N-ethyl adjacent to an activating group) is 1. The highest BCUT2D eigenvalue weighted by Crippen LogP contribution is 2.37. The first-order valence-corrected chi connectivity index (χ1v) is 8.18. The Morgan fingerprint density at radius 2 is 1.71 bits per heavy atom. The van der Waals surface area contributed by atoms with Gasteiger partial charge in [-0.1, -0.05) is 0 Å². The molecule has 1 saturated heterocycles. The van der Waals surface area contributed by atoms with Gasteiger partial charge in [0.1, 0.15) is 19.1 Å². The predicted octanol–water partition coefficient (Wildman–Crippen LogP) is -6.15. The molecule has 0 aliphatic carbocycles. The van der Waals surface area contributed by atoms with Crippen LogP contribution in [0.4, 0.5) is 0 Å². The molecule has 0 amide bonds. The first-order valence-electron chi connectivity index (χ1n) is 8.18. The van der Waals surface area contributed by atoms with Crippen molar-refractivity contribution in [2.24, 2.45) is 0 Å². The van der Waals surface area contributed by atoms with Gasteiger partial charge in [-0.2, -0.15) is 0 Å². The van der Waals surface area contributed by atoms with E-state index in [0.717, 1.165) is 24.1 Å². The number of rotatable bonds is 8. The second-order valence-electron chi connectivity index (χ2n) is 5.86. The van der Waals surface area contributed by atoms with Crippen molar-refractivity contribution in [2.45, 2.75) is 32.4 Å². The minimum absolute atomic E-state index is 0. The highest BCUT2D eigenvalue weighted by Gasteiger charge is 2.28. The van der Waals surface area contributed by atoms with Crippen LogP contribution in [0.2, 0.25) is 0 Å². The van der Waals surface area contributed by atoms with E-state index in [2.05, 4.69) is 12.2 Å². The molecule has 1 heterocycles. The number of nitrogens with one attached hydrogen (secondary N) is 1. The van der Waals surface area contributed by atoms with Crippen LogP contribution in [0.15, 0.2) is 12.1 Å². The smallest absolute Gasteiger partial charge is 0.203 e. The molecule has 3 N–H and O–H groups in total. The Kier molecular flexibility index (Phi) is 11.2. The van der Waals surface area contributed by atoms with E-state index < -0.39 is 0 Å². The fourth-order valence-corrected chi connectivity index (χ4v) is 3.44. The molecule has 1 aliphatic rings. The van der Waals surface area contributed by atoms with E-state index in [0.29, 0.717) is 5.75 Å². The van der Waals surface area contributed by atoms with Gasteiger partial charge in [-0.15, -0.1) is 0 Å². The Morgan fingerprint density at radius 3 is 2.21 bits per heavy atom. The summed E-state index contributed by atoms with van der Waals surface area (Å²) in [5.74, 6) is 2.12. The third-order valence-corrected chi connectivity index (χ3v) is 4.64. The molecule has 140 valence electrons. The predicted molar refractivity (Wildman–Crippen MR) is 86.0 cm³/mol. The van der Waals surface area contributed by atoms with E-state index >= 15 is 0 Å². The Hall–Kier alpha value is -0.880. The molecule has 24 heavy (non-hydrogen) atoms. The summed E-state index contributed by atoms with van der Waals surface area (Å²) in [5, 5.41) is 2.40. The van der Waals surface area contributed by atoms with Crippen LogP contribution in [0.3, 0.4) is 0 Å². The Labute approximate surface area is 157 Å². The SMILES string of the molecule is CC[NH+]1CCCC1C[NH2+]Cc1cc(OC)c(OC)c(OC)c1.[Cl-].[Cl-]. The minimum Gasteiger partial charge on any atom is -1.00 e. The van der Waals surface area contributed by atoms with E-state index in [1.165, 1.54) is 38.0 Å². The van der Waals surface area contributed by atoms with Gasteiger partial charge in [0, 0.05) is 18.4 Å². The third kappa shape index (κ3) is 5.59. The minimum atomic E-state index is 0. The molecule has 0 spiro atoms. The van der Waals surface area contributed by atoms with Gasteiger partial charge < -0.3 is 49.2 Å². The van der Waals surface area contributed by atoms with Gasteiger partial charge in [0.25, 0.3) is 0 Å². The molecule has 0 aromatic heterocycles. The standard InChI is InChI=1S/C17H28N2O3.2ClH/c1-5-19-8-6-7-14(19)12-18-11-13-9-15(20-2)17(22-4)16(10-13)21-3;;/h9-10,14,18H,5-8,11-12H2,1-4H3;2*1H. The van der Waals surface area contributed by atoms with Gasteiger partial charge in [0.2, 0.25) is 5.75 Å². The summed E-state index contributed by atoms with van der Waals surface area (Å²) in [7, 11) is 4.95. The van der Waals surface area contributed by atoms with Crippen molar-refractivity contribution in [1.82, 2.24) is 0 Å². The molecule has 7 heteroatoms. The van der Waals surface area contributed by atoms with Crippen LogP contribution < -0.4 is 49.2 Å². The average molecular weight is 381 g/mol. The maximum absolute atomic E-state index is 5.41. The second-order valence-corrected chi connectivity index (χ2v) is 5.86. The summed E-state index contributed by atoms with van der Waals surface area (Å²) in [6.45, 7) is 6.97. The average Bonchev–Trinajstić information content (AvgIpc) is 3.01. The van der Waals surface area contributed by atoms with Crippen molar-refractivity contribution >= 4 is 0 Å². The number of benzene rings is 1. The Bertz CT molecular complexity index is 464. The molecule has 1 aromatic rings. The van der Waals surface area contributed by atoms with Gasteiger partial charge in [-0.25, -0.2) is 0 Å². The molecule has 5 nitrogen and oxygen atoms in total. The number of hydrogen-bond acceptors (Lipinski definition) is 3. The molecule has 1 fully saturated rings. The molecule has 0 saturated carbocycles. The molecule has 0 radical (unpaired) electrons. The topological polar surface area (TPSA) is 48.7 Å². The molecule has 2 rings (SSSR count). The van der Waals surface area contributed by atoms with Crippen molar-refractivity contribution < 1.29 is 49.2 Å². The first-order chi connectivity index (χ1) is 10.7. The van der Waals surface area contributed by atoms with Crippen LogP contribution in [0.25, 0.3) is 0 Å². The number of hydrogen-bond donors (Lipinski definition) is 2. The van der Waals surface area contributed by atoms with Crippen LogP contribution >= 0.6 is 0 Å². The second kappa shape index (κ2) is 11.6. The number of quaternary nitrogens is 2. The third-order valence-electron chi connectivity index (χ3n) is 4.64. The molecule has 1 aromatic carbocycles. The summed E-state index contributed by atoms with van der Waals surface area (Å²) >= 11 is 0. The van der Waals surface area contributed by atoms with Gasteiger partial charge in [0.05, 0.1) is 34.4 Å². The lowest BCUT2D eigenvalue weighted by molar-refractivity contribution is -0.925. The molecule has 2 unspecified atom stereocenters. The Balaban J connectivity index is 0.00000264. The maximum atomic E-state index is 5.41. The van der Waals surface area contributed by atoms with Gasteiger partial charge in [0.15, 0.2) is 11.5 Å². The van der Waals surface area contributed by atoms with E-state index in [1.807, 2.05) is 12.1 Å². The van der Waals surface area contributed by atoms with Crippen molar-refractivity contribution in [2.75, 3.05) is 41.0 Å². The van der Waals surface area contributed by atoms with E-state index in [9.17, 15) is 0 Å². The van der Waals surface area contributed by atoms with Crippen LogP contribution in [-0.2, 0) is 6.54 Å². The van der Waals surface area contributed by atoms with Crippen LogP contribution in [-0.4, -0.2) is 47.0 Å². The van der Waals surface area contributed by atoms with Crippen molar-refractivity contribution in [3.05, 3.63) is 17.7 Å². The molecular formula is C17H30Cl2N2O3. The summed E-state index contributed by atoms with van der Waals surface area (Å²) in [6.07, 6.45) is 2.72. The van der Waals surface area contributed by atoms with Gasteiger partial charge >= 0.3 is 0 Å². The number of methoxy groups -OCH3 is 3. The van der Waals surface area contributed by atoms with E-state index in [4.69, 9.17) is 14.2 Å². The normalized spacial score (nSPS) is 19.2. The lowest BCUT2D eigenvalue weighted by atomic mass is 10.1. The first kappa shape index (κ1) is 23.1. The van der Waals surface area contributed by atoms with Crippen molar-refractivity contribution in [3.8, 4) is 17.2 Å². The highest BCUT2D eigenvalue weighted by atomic mass is 35.5. The Morgan fingerprint density at radius 1 is 1.08 bits per heavy atom. The van der Waals surface area contributed by atoms with Crippen molar-refractivity contribution in [1.29, 1.82) is 0 Å². The fraction of sp³-hybridized carbons (Fsp3) is 0.647. The molecule has 2 atom stereocenters. The number of ether oxygens (including phenoxy) is 3. The maximum Gasteiger partial charge on any atom is 0.203 e. The van der Waals surface area contributed by atoms with Crippen LogP contribution in [0.1, 0.15) is 25.3 Å². The highest BCUT2D eigenvalue weighted by molar-refractivity contribution is 5.53. The monoisotopic (exact) mass is 380 g/mol. The number of halogens is 2. The zero-order chi connectivity index (χ0) is 15.9. The van der Waals surface area contributed by atoms with E-state index in [1.54, 1.807) is 26.2 Å². The lowest BCUT2D eigenvalue weighted by Crippen LogP contribution is -3.16. The lowest BCUT2D eigenvalue weighted by Gasteiger charge is -2.18. The zero-order valence-corrected chi connectivity index (χ0v) is 16.5. The fourth-order valence-electron chi connectivity index (χ4n) is 3.44. The molecule has 0 bridgehead atoms. The summed E-state index contributed by atoms with van der Waals surface area (Å²) < 4.78 is 16.2. The largest absolute Gasteiger partial charge is 1.00 e. The zero-order valence-electron chi connectivity index (χ0n) is 15.0. The van der Waals surface area contributed by atoms with Crippen LogP contribution in [0, 0.1) is 0 Å². The van der Waals surface area contributed by atoms with E-state index in [-0.39, 0.29) is 24.8 Å². The summed E-state index contributed by atoms with van der Waals surface area (Å²) in [6, 6.07) is 4.88. The number of nitrogens with two attached hydrogens (primary N) is 1. The van der Waals surface area contributed by atoms with Crippen LogP contribution in [0.5, 0.6) is 17.2 Å². The summed E-state index contributed by atoms with van der Waals surface area (Å²) in [4.78, 5) is 1.75. The van der Waals surface area contributed by atoms with Gasteiger partial charge in [-0.05, 0) is 19.1 Å². The molecule has 1 aliphatic heterocycles. The quantitative estimate of drug-likeness (QED) is 0.471. The summed E-state index contributed by atoms with van der Waals surface area (Å²) in [5.41, 5.74) is 1.20. The van der Waals surface area contributed by atoms with Crippen molar-refractivity contribution in [3.63, 3.8) is 0 Å². The molecular weight excluding hydrogens is 351 g/mol. The number of likely N-dealkylation sites (tertiary alicyclic amines) is 1. The van der Waals surface area contributed by atoms with Gasteiger partial charge in [-0.3, -0.25) is 0 Å².